The number of benzene rings is 1. The van der Waals surface area contributed by atoms with Crippen molar-refractivity contribution >= 4 is 11.9 Å². The van der Waals surface area contributed by atoms with Crippen LogP contribution in [0.2, 0.25) is 0 Å². The summed E-state index contributed by atoms with van der Waals surface area (Å²) in [6.07, 6.45) is 9.83. The van der Waals surface area contributed by atoms with Crippen LogP contribution >= 0.6 is 0 Å². The highest BCUT2D eigenvalue weighted by molar-refractivity contribution is 5.79. The molecular formula is C23H36N4O2. The molecule has 0 atom stereocenters. The highest BCUT2D eigenvalue weighted by Crippen LogP contribution is 2.19. The Morgan fingerprint density at radius 2 is 1.79 bits per heavy atom. The van der Waals surface area contributed by atoms with E-state index >= 15 is 0 Å². The predicted octanol–water partition coefficient (Wildman–Crippen LogP) is 3.21. The van der Waals surface area contributed by atoms with Crippen LogP contribution in [0.5, 0.6) is 0 Å². The Kier molecular flexibility index (Phi) is 8.81. The van der Waals surface area contributed by atoms with Crippen molar-refractivity contribution in [1.82, 2.24) is 15.5 Å². The maximum atomic E-state index is 11.8. The number of likely N-dealkylation sites (tertiary alicyclic amines) is 1. The maximum Gasteiger partial charge on any atom is 0.222 e. The van der Waals surface area contributed by atoms with Crippen LogP contribution in [0.15, 0.2) is 29.3 Å². The summed E-state index contributed by atoms with van der Waals surface area (Å²) in [4.78, 5) is 18.0. The molecule has 160 valence electrons. The molecule has 1 aliphatic carbocycles. The summed E-state index contributed by atoms with van der Waals surface area (Å²) in [6.45, 7) is 3.80. The van der Waals surface area contributed by atoms with Gasteiger partial charge in [0.05, 0.1) is 12.7 Å². The number of ether oxygens (including phenoxy) is 1. The molecule has 0 spiro atoms. The first-order chi connectivity index (χ1) is 14.2. The van der Waals surface area contributed by atoms with E-state index < -0.39 is 0 Å². The Morgan fingerprint density at radius 1 is 1.07 bits per heavy atom. The SMILES string of the molecule is CN=C(NCCOC1CCCCCC1)NCc1ccc(CN2CCCC2=O)cc1. The lowest BCUT2D eigenvalue weighted by molar-refractivity contribution is -0.128. The number of hydrogen-bond acceptors (Lipinski definition) is 3. The standard InChI is InChI=1S/C23H36N4O2/c1-24-23(25-14-16-29-21-7-4-2-3-5-8-21)26-17-19-10-12-20(13-11-19)18-27-15-6-9-22(27)28/h10-13,21H,2-9,14-18H2,1H3,(H2,24,25,26). The van der Waals surface area contributed by atoms with E-state index in [0.717, 1.165) is 38.6 Å². The van der Waals surface area contributed by atoms with Gasteiger partial charge >= 0.3 is 0 Å². The fraction of sp³-hybridized carbons (Fsp3) is 0.652. The smallest absolute Gasteiger partial charge is 0.222 e. The molecule has 3 rings (SSSR count). The monoisotopic (exact) mass is 400 g/mol. The summed E-state index contributed by atoms with van der Waals surface area (Å²) in [5.41, 5.74) is 2.38. The number of hydrogen-bond donors (Lipinski definition) is 2. The Morgan fingerprint density at radius 3 is 2.45 bits per heavy atom. The van der Waals surface area contributed by atoms with Crippen LogP contribution in [0.25, 0.3) is 0 Å². The molecule has 6 heteroatoms. The number of aliphatic imine (C=N–C) groups is 1. The van der Waals surface area contributed by atoms with Crippen molar-refractivity contribution in [3.8, 4) is 0 Å². The predicted molar refractivity (Wildman–Crippen MR) is 117 cm³/mol. The lowest BCUT2D eigenvalue weighted by Crippen LogP contribution is -2.38. The van der Waals surface area contributed by atoms with Gasteiger partial charge in [-0.15, -0.1) is 0 Å². The number of nitrogens with one attached hydrogen (secondary N) is 2. The number of carbonyl (C=O) groups excluding carboxylic acids is 1. The second kappa shape index (κ2) is 11.8. The van der Waals surface area contributed by atoms with Crippen molar-refractivity contribution < 1.29 is 9.53 Å². The molecule has 0 radical (unpaired) electrons. The fourth-order valence-corrected chi connectivity index (χ4v) is 4.06. The number of carbonyl (C=O) groups is 1. The average Bonchev–Trinajstić information content (AvgIpc) is 2.98. The number of amides is 1. The summed E-state index contributed by atoms with van der Waals surface area (Å²) < 4.78 is 6.02. The maximum absolute atomic E-state index is 11.8. The minimum absolute atomic E-state index is 0.272. The third-order valence-electron chi connectivity index (χ3n) is 5.80. The van der Waals surface area contributed by atoms with Crippen LogP contribution in [0.1, 0.15) is 62.5 Å². The number of rotatable bonds is 8. The molecule has 2 fully saturated rings. The highest BCUT2D eigenvalue weighted by Gasteiger charge is 2.19. The highest BCUT2D eigenvalue weighted by atomic mass is 16.5. The van der Waals surface area contributed by atoms with Gasteiger partial charge in [-0.1, -0.05) is 49.9 Å². The number of nitrogens with zero attached hydrogens (tertiary/aromatic N) is 2. The zero-order valence-corrected chi connectivity index (χ0v) is 17.8. The van der Waals surface area contributed by atoms with E-state index in [0.29, 0.717) is 19.1 Å². The van der Waals surface area contributed by atoms with Gasteiger partial charge in [0.1, 0.15) is 0 Å². The van der Waals surface area contributed by atoms with Crippen LogP contribution in [0.3, 0.4) is 0 Å². The van der Waals surface area contributed by atoms with Gasteiger partial charge in [0, 0.05) is 39.6 Å². The lowest BCUT2D eigenvalue weighted by atomic mass is 10.1. The van der Waals surface area contributed by atoms with E-state index in [9.17, 15) is 4.79 Å². The van der Waals surface area contributed by atoms with Crippen molar-refractivity contribution in [3.63, 3.8) is 0 Å². The molecular weight excluding hydrogens is 364 g/mol. The summed E-state index contributed by atoms with van der Waals surface area (Å²) in [5, 5.41) is 6.68. The van der Waals surface area contributed by atoms with Gasteiger partial charge in [-0.25, -0.2) is 0 Å². The van der Waals surface area contributed by atoms with Gasteiger partial charge in [0.15, 0.2) is 5.96 Å². The quantitative estimate of drug-likeness (QED) is 0.304. The zero-order chi connectivity index (χ0) is 20.3. The van der Waals surface area contributed by atoms with Crippen LogP contribution in [-0.2, 0) is 22.6 Å². The van der Waals surface area contributed by atoms with E-state index in [1.807, 2.05) is 4.90 Å². The zero-order valence-electron chi connectivity index (χ0n) is 17.8. The summed E-state index contributed by atoms with van der Waals surface area (Å²) in [5.74, 6) is 1.06. The Bertz CT molecular complexity index is 651. The first kappa shape index (κ1) is 21.6. The largest absolute Gasteiger partial charge is 0.376 e. The molecule has 29 heavy (non-hydrogen) atoms. The first-order valence-electron chi connectivity index (χ1n) is 11.2. The molecule has 1 aliphatic heterocycles. The van der Waals surface area contributed by atoms with E-state index in [1.54, 1.807) is 7.05 Å². The molecule has 0 bridgehead atoms. The molecule has 1 heterocycles. The second-order valence-electron chi connectivity index (χ2n) is 8.07. The van der Waals surface area contributed by atoms with Crippen molar-refractivity contribution in [3.05, 3.63) is 35.4 Å². The van der Waals surface area contributed by atoms with Crippen molar-refractivity contribution in [2.75, 3.05) is 26.7 Å². The summed E-state index contributed by atoms with van der Waals surface area (Å²) in [7, 11) is 1.79. The average molecular weight is 401 g/mol. The Balaban J connectivity index is 1.33. The molecule has 1 amide bonds. The molecule has 0 aromatic heterocycles. The van der Waals surface area contributed by atoms with Gasteiger partial charge in [0.25, 0.3) is 0 Å². The van der Waals surface area contributed by atoms with Crippen LogP contribution < -0.4 is 10.6 Å². The van der Waals surface area contributed by atoms with Gasteiger partial charge in [-0.3, -0.25) is 9.79 Å². The third-order valence-corrected chi connectivity index (χ3v) is 5.80. The van der Waals surface area contributed by atoms with Gasteiger partial charge in [-0.05, 0) is 30.4 Å². The lowest BCUT2D eigenvalue weighted by Gasteiger charge is -2.17. The molecule has 1 saturated heterocycles. The first-order valence-corrected chi connectivity index (χ1v) is 11.2. The topological polar surface area (TPSA) is 66.0 Å². The number of guanidine groups is 1. The molecule has 1 aromatic carbocycles. The second-order valence-corrected chi connectivity index (χ2v) is 8.07. The molecule has 0 unspecified atom stereocenters. The van der Waals surface area contributed by atoms with E-state index in [-0.39, 0.29) is 5.91 Å². The van der Waals surface area contributed by atoms with Gasteiger partial charge < -0.3 is 20.3 Å². The van der Waals surface area contributed by atoms with Crippen LogP contribution in [-0.4, -0.2) is 49.6 Å². The molecule has 1 aromatic rings. The normalized spacial score (nSPS) is 18.7. The van der Waals surface area contributed by atoms with E-state index in [1.165, 1.54) is 49.7 Å². The molecule has 6 nitrogen and oxygen atoms in total. The van der Waals surface area contributed by atoms with Crippen molar-refractivity contribution in [2.45, 2.75) is 70.6 Å². The third kappa shape index (κ3) is 7.35. The van der Waals surface area contributed by atoms with Crippen LogP contribution in [0.4, 0.5) is 0 Å². The minimum atomic E-state index is 0.272. The van der Waals surface area contributed by atoms with E-state index in [2.05, 4.69) is 39.9 Å². The van der Waals surface area contributed by atoms with Gasteiger partial charge in [-0.2, -0.15) is 0 Å². The van der Waals surface area contributed by atoms with Crippen LogP contribution in [0, 0.1) is 0 Å². The van der Waals surface area contributed by atoms with Crippen molar-refractivity contribution in [1.29, 1.82) is 0 Å². The Hall–Kier alpha value is -2.08. The molecule has 2 aliphatic rings. The molecule has 1 saturated carbocycles. The van der Waals surface area contributed by atoms with E-state index in [4.69, 9.17) is 4.74 Å². The minimum Gasteiger partial charge on any atom is -0.376 e. The van der Waals surface area contributed by atoms with Gasteiger partial charge in [0.2, 0.25) is 5.91 Å². The summed E-state index contributed by atoms with van der Waals surface area (Å²) >= 11 is 0. The fourth-order valence-electron chi connectivity index (χ4n) is 4.06. The summed E-state index contributed by atoms with van der Waals surface area (Å²) in [6, 6.07) is 8.45. The van der Waals surface area contributed by atoms with Crippen molar-refractivity contribution in [2.24, 2.45) is 4.99 Å². The Labute approximate surface area is 175 Å². The molecule has 2 N–H and O–H groups in total.